The first-order valence-electron chi connectivity index (χ1n) is 7.90. The maximum atomic E-state index is 10.6. The number of aliphatic hydroxyl groups is 1. The molecule has 1 aliphatic heterocycles. The van der Waals surface area contributed by atoms with Crippen LogP contribution in [0.5, 0.6) is 0 Å². The molecular weight excluding hydrogens is 282 g/mol. The summed E-state index contributed by atoms with van der Waals surface area (Å²) >= 11 is 1.80. The average molecular weight is 307 g/mol. The van der Waals surface area contributed by atoms with Crippen LogP contribution >= 0.6 is 11.8 Å². The summed E-state index contributed by atoms with van der Waals surface area (Å²) in [4.78, 5) is 1.34. The van der Waals surface area contributed by atoms with Crippen molar-refractivity contribution in [1.29, 1.82) is 0 Å². The van der Waals surface area contributed by atoms with E-state index >= 15 is 0 Å². The van der Waals surface area contributed by atoms with Crippen molar-refractivity contribution in [3.05, 3.63) is 29.3 Å². The van der Waals surface area contributed by atoms with Gasteiger partial charge in [0.2, 0.25) is 0 Å². The molecule has 0 aromatic heterocycles. The van der Waals surface area contributed by atoms with Crippen molar-refractivity contribution >= 4 is 11.8 Å². The summed E-state index contributed by atoms with van der Waals surface area (Å²) in [5.74, 6) is 0. The van der Waals surface area contributed by atoms with Gasteiger partial charge in [0.1, 0.15) is 0 Å². The summed E-state index contributed by atoms with van der Waals surface area (Å²) < 4.78 is 5.35. The topological polar surface area (TPSA) is 41.5 Å². The van der Waals surface area contributed by atoms with Gasteiger partial charge in [-0.2, -0.15) is 0 Å². The Kier molecular flexibility index (Phi) is 4.89. The van der Waals surface area contributed by atoms with E-state index in [1.165, 1.54) is 28.9 Å². The van der Waals surface area contributed by atoms with Gasteiger partial charge < -0.3 is 15.2 Å². The lowest BCUT2D eigenvalue weighted by Crippen LogP contribution is -2.46. The van der Waals surface area contributed by atoms with Gasteiger partial charge >= 0.3 is 0 Å². The highest BCUT2D eigenvalue weighted by Crippen LogP contribution is 2.33. The van der Waals surface area contributed by atoms with Crippen molar-refractivity contribution in [2.24, 2.45) is 0 Å². The number of thioether (sulfide) groups is 1. The van der Waals surface area contributed by atoms with E-state index in [1.807, 2.05) is 0 Å². The molecule has 0 radical (unpaired) electrons. The molecule has 0 amide bonds. The monoisotopic (exact) mass is 307 g/mol. The zero-order chi connectivity index (χ0) is 14.7. The van der Waals surface area contributed by atoms with Crippen LogP contribution in [0.2, 0.25) is 0 Å². The zero-order valence-electron chi connectivity index (χ0n) is 12.7. The third-order valence-corrected chi connectivity index (χ3v) is 5.49. The van der Waals surface area contributed by atoms with E-state index in [-0.39, 0.29) is 0 Å². The third kappa shape index (κ3) is 3.62. The number of nitrogens with one attached hydrogen (secondary N) is 1. The van der Waals surface area contributed by atoms with Gasteiger partial charge in [-0.15, -0.1) is 11.8 Å². The number of rotatable bonds is 4. The summed E-state index contributed by atoms with van der Waals surface area (Å²) in [5, 5.41) is 14.2. The molecule has 1 saturated heterocycles. The fraction of sp³-hybridized carbons (Fsp3) is 0.647. The Balaban J connectivity index is 1.67. The largest absolute Gasteiger partial charge is 0.388 e. The Bertz CT molecular complexity index is 486. The summed E-state index contributed by atoms with van der Waals surface area (Å²) in [5.41, 5.74) is 2.31. The van der Waals surface area contributed by atoms with Crippen LogP contribution in [0.3, 0.4) is 0 Å². The molecule has 2 aliphatic rings. The van der Waals surface area contributed by atoms with Crippen molar-refractivity contribution in [3.63, 3.8) is 0 Å². The third-order valence-electron chi connectivity index (χ3n) is 4.77. The summed E-state index contributed by atoms with van der Waals surface area (Å²) in [6.45, 7) is 2.03. The highest BCUT2D eigenvalue weighted by Gasteiger charge is 2.31. The second-order valence-corrected chi connectivity index (χ2v) is 7.11. The lowest BCUT2D eigenvalue weighted by atomic mass is 9.86. The van der Waals surface area contributed by atoms with Gasteiger partial charge in [-0.25, -0.2) is 0 Å². The summed E-state index contributed by atoms with van der Waals surface area (Å²) in [7, 11) is 0. The summed E-state index contributed by atoms with van der Waals surface area (Å²) in [6.07, 6.45) is 7.18. The van der Waals surface area contributed by atoms with E-state index in [1.54, 1.807) is 11.8 Å². The molecule has 2 N–H and O–H groups in total. The maximum Gasteiger partial charge on any atom is 0.0815 e. The quantitative estimate of drug-likeness (QED) is 0.839. The van der Waals surface area contributed by atoms with Gasteiger partial charge in [-0.3, -0.25) is 0 Å². The molecule has 1 fully saturated rings. The average Bonchev–Trinajstić information content (AvgIpc) is 2.53. The first-order valence-corrected chi connectivity index (χ1v) is 9.13. The normalized spacial score (nSPS) is 24.6. The van der Waals surface area contributed by atoms with E-state index in [0.717, 1.165) is 19.3 Å². The van der Waals surface area contributed by atoms with Gasteiger partial charge in [0, 0.05) is 43.5 Å². The number of benzene rings is 1. The molecule has 0 bridgehead atoms. The van der Waals surface area contributed by atoms with Crippen molar-refractivity contribution in [3.8, 4) is 0 Å². The van der Waals surface area contributed by atoms with Crippen molar-refractivity contribution in [1.82, 2.24) is 5.32 Å². The Morgan fingerprint density at radius 3 is 2.95 bits per heavy atom. The van der Waals surface area contributed by atoms with Crippen LogP contribution in [-0.4, -0.2) is 36.7 Å². The van der Waals surface area contributed by atoms with E-state index in [2.05, 4.69) is 29.8 Å². The molecule has 21 heavy (non-hydrogen) atoms. The molecule has 1 aliphatic carbocycles. The molecule has 1 atom stereocenters. The molecule has 3 nitrogen and oxygen atoms in total. The Morgan fingerprint density at radius 2 is 2.19 bits per heavy atom. The first-order chi connectivity index (χ1) is 10.2. The molecule has 4 heteroatoms. The van der Waals surface area contributed by atoms with Gasteiger partial charge in [0.15, 0.2) is 0 Å². The number of fused-ring (bicyclic) bond motifs is 1. The number of hydrogen-bond donors (Lipinski definition) is 2. The molecule has 1 unspecified atom stereocenters. The number of aryl methyl sites for hydroxylation is 1. The molecule has 0 spiro atoms. The first kappa shape index (κ1) is 15.3. The lowest BCUT2D eigenvalue weighted by Gasteiger charge is -2.35. The van der Waals surface area contributed by atoms with Gasteiger partial charge in [-0.1, -0.05) is 6.07 Å². The van der Waals surface area contributed by atoms with E-state index in [9.17, 15) is 5.11 Å². The standard InChI is InChI=1S/C17H25NO2S/c1-21-14-5-6-15-13(11-14)3-2-4-16(15)18-12-17(19)7-9-20-10-8-17/h5-6,11,16,18-19H,2-4,7-10,12H2,1H3. The number of ether oxygens (including phenoxy) is 1. The maximum absolute atomic E-state index is 10.6. The van der Waals surface area contributed by atoms with E-state index in [4.69, 9.17) is 4.74 Å². The predicted molar refractivity (Wildman–Crippen MR) is 86.9 cm³/mol. The van der Waals surface area contributed by atoms with Crippen LogP contribution in [0.4, 0.5) is 0 Å². The van der Waals surface area contributed by atoms with Crippen molar-refractivity contribution in [2.75, 3.05) is 26.0 Å². The van der Waals surface area contributed by atoms with Gasteiger partial charge in [-0.05, 0) is 48.8 Å². The smallest absolute Gasteiger partial charge is 0.0815 e. The van der Waals surface area contributed by atoms with E-state index < -0.39 is 5.60 Å². The van der Waals surface area contributed by atoms with Gasteiger partial charge in [0.25, 0.3) is 0 Å². The van der Waals surface area contributed by atoms with Crippen LogP contribution in [0.1, 0.15) is 42.9 Å². The highest BCUT2D eigenvalue weighted by atomic mass is 32.2. The highest BCUT2D eigenvalue weighted by molar-refractivity contribution is 7.98. The van der Waals surface area contributed by atoms with Crippen molar-refractivity contribution in [2.45, 2.75) is 48.6 Å². The second-order valence-electron chi connectivity index (χ2n) is 6.23. The number of hydrogen-bond acceptors (Lipinski definition) is 4. The Hall–Kier alpha value is -0.550. The fourth-order valence-electron chi connectivity index (χ4n) is 3.37. The van der Waals surface area contributed by atoms with Crippen LogP contribution in [0.25, 0.3) is 0 Å². The molecule has 0 saturated carbocycles. The van der Waals surface area contributed by atoms with Crippen LogP contribution in [0, 0.1) is 0 Å². The molecule has 3 rings (SSSR count). The zero-order valence-corrected chi connectivity index (χ0v) is 13.5. The second kappa shape index (κ2) is 6.69. The van der Waals surface area contributed by atoms with Gasteiger partial charge in [0.05, 0.1) is 5.60 Å². The van der Waals surface area contributed by atoms with Crippen molar-refractivity contribution < 1.29 is 9.84 Å². The van der Waals surface area contributed by atoms with Crippen LogP contribution in [0.15, 0.2) is 23.1 Å². The lowest BCUT2D eigenvalue weighted by molar-refractivity contribution is -0.0630. The van der Waals surface area contributed by atoms with Crippen LogP contribution < -0.4 is 5.32 Å². The SMILES string of the molecule is CSc1ccc2c(c1)CCCC2NCC1(O)CCOCC1. The minimum absolute atomic E-state index is 0.386. The summed E-state index contributed by atoms with van der Waals surface area (Å²) in [6, 6.07) is 7.20. The van der Waals surface area contributed by atoms with Crippen LogP contribution in [-0.2, 0) is 11.2 Å². The molecule has 1 heterocycles. The predicted octanol–water partition coefficient (Wildman–Crippen LogP) is 2.92. The minimum atomic E-state index is -0.588. The molecule has 1 aromatic rings. The Labute approximate surface area is 131 Å². The molecular formula is C17H25NO2S. The minimum Gasteiger partial charge on any atom is -0.388 e. The molecule has 1 aromatic carbocycles. The van der Waals surface area contributed by atoms with E-state index in [0.29, 0.717) is 25.8 Å². The molecule has 116 valence electrons. The fourth-order valence-corrected chi connectivity index (χ4v) is 3.84. The Morgan fingerprint density at radius 1 is 1.38 bits per heavy atom.